The van der Waals surface area contributed by atoms with E-state index in [1.54, 1.807) is 17.8 Å². The van der Waals surface area contributed by atoms with Crippen LogP contribution in [0.15, 0.2) is 47.4 Å². The van der Waals surface area contributed by atoms with Crippen LogP contribution in [0, 0.1) is 20.8 Å². The molecule has 0 aliphatic carbocycles. The first kappa shape index (κ1) is 23.3. The molecule has 158 valence electrons. The largest absolute Gasteiger partial charge is 0.353 e. The van der Waals surface area contributed by atoms with Gasteiger partial charge in [-0.05, 0) is 62.6 Å². The van der Waals surface area contributed by atoms with Crippen molar-refractivity contribution in [2.24, 2.45) is 0 Å². The number of hydrogen-bond acceptors (Lipinski definition) is 4. The summed E-state index contributed by atoms with van der Waals surface area (Å²) in [6, 6.07) is 12.9. The van der Waals surface area contributed by atoms with Gasteiger partial charge in [0.05, 0.1) is 11.9 Å². The number of sulfonamides is 1. The smallest absolute Gasteiger partial charge is 0.243 e. The average Bonchev–Trinajstić information content (AvgIpc) is 2.66. The normalized spacial score (nSPS) is 12.4. The van der Waals surface area contributed by atoms with Gasteiger partial charge in [-0.15, -0.1) is 11.8 Å². The van der Waals surface area contributed by atoms with Gasteiger partial charge in [0, 0.05) is 17.2 Å². The fourth-order valence-corrected chi connectivity index (χ4v) is 4.99. The molecule has 5 nitrogen and oxygen atoms in total. The first-order valence-electron chi connectivity index (χ1n) is 9.67. The van der Waals surface area contributed by atoms with Crippen LogP contribution < -0.4 is 9.62 Å². The molecule has 2 aromatic carbocycles. The van der Waals surface area contributed by atoms with E-state index in [0.717, 1.165) is 22.3 Å². The van der Waals surface area contributed by atoms with Crippen LogP contribution in [0.5, 0.6) is 0 Å². The van der Waals surface area contributed by atoms with Gasteiger partial charge >= 0.3 is 0 Å². The number of aryl methyl sites for hydroxylation is 3. The fraction of sp³-hybridized carbons (Fsp3) is 0.409. The summed E-state index contributed by atoms with van der Waals surface area (Å²) >= 11 is 1.66. The van der Waals surface area contributed by atoms with E-state index >= 15 is 0 Å². The summed E-state index contributed by atoms with van der Waals surface area (Å²) in [5.74, 6) is 0.439. The van der Waals surface area contributed by atoms with Crippen molar-refractivity contribution in [2.75, 3.05) is 22.9 Å². The second kappa shape index (κ2) is 10.2. The van der Waals surface area contributed by atoms with Crippen molar-refractivity contribution >= 4 is 33.4 Å². The molecule has 0 radical (unpaired) electrons. The second-order valence-electron chi connectivity index (χ2n) is 7.20. The molecule has 0 aromatic heterocycles. The lowest BCUT2D eigenvalue weighted by Crippen LogP contribution is -2.49. The number of nitrogens with zero attached hydrogens (tertiary/aromatic N) is 1. The molecule has 0 saturated carbocycles. The molecule has 0 spiro atoms. The van der Waals surface area contributed by atoms with Gasteiger partial charge in [0.25, 0.3) is 0 Å². The maximum absolute atomic E-state index is 12.8. The van der Waals surface area contributed by atoms with Gasteiger partial charge in [-0.2, -0.15) is 0 Å². The third-order valence-corrected chi connectivity index (χ3v) is 6.96. The molecule has 1 N–H and O–H groups in total. The number of carbonyl (C=O) groups is 1. The van der Waals surface area contributed by atoms with Crippen molar-refractivity contribution in [3.63, 3.8) is 0 Å². The van der Waals surface area contributed by atoms with Crippen LogP contribution >= 0.6 is 11.8 Å². The zero-order valence-electron chi connectivity index (χ0n) is 17.7. The van der Waals surface area contributed by atoms with Gasteiger partial charge in [0.15, 0.2) is 0 Å². The number of rotatable bonds is 9. The highest BCUT2D eigenvalue weighted by Gasteiger charge is 2.31. The monoisotopic (exact) mass is 434 g/mol. The summed E-state index contributed by atoms with van der Waals surface area (Å²) in [4.78, 5) is 14.0. The minimum atomic E-state index is -3.61. The van der Waals surface area contributed by atoms with E-state index < -0.39 is 16.1 Å². The van der Waals surface area contributed by atoms with Crippen molar-refractivity contribution in [1.82, 2.24) is 5.32 Å². The molecule has 29 heavy (non-hydrogen) atoms. The summed E-state index contributed by atoms with van der Waals surface area (Å²) in [5.41, 5.74) is 3.79. The Hall–Kier alpha value is -1.99. The Balaban J connectivity index is 2.07. The van der Waals surface area contributed by atoms with Crippen LogP contribution in [-0.2, 0) is 14.8 Å². The van der Waals surface area contributed by atoms with Crippen LogP contribution in [0.3, 0.4) is 0 Å². The van der Waals surface area contributed by atoms with Crippen molar-refractivity contribution in [3.8, 4) is 0 Å². The molecule has 0 bridgehead atoms. The molecule has 0 saturated heterocycles. The number of thioether (sulfide) groups is 1. The van der Waals surface area contributed by atoms with Crippen LogP contribution in [0.2, 0.25) is 0 Å². The van der Waals surface area contributed by atoms with Gasteiger partial charge < -0.3 is 5.32 Å². The molecule has 0 aliphatic rings. The molecule has 1 atom stereocenters. The highest BCUT2D eigenvalue weighted by atomic mass is 32.2. The summed E-state index contributed by atoms with van der Waals surface area (Å²) in [6.45, 7) is 8.24. The fourth-order valence-electron chi connectivity index (χ4n) is 3.02. The molecular formula is C22H30N2O3S2. The number of amides is 1. The second-order valence-corrected chi connectivity index (χ2v) is 10.2. The Kier molecular flexibility index (Phi) is 8.16. The predicted molar refractivity (Wildman–Crippen MR) is 122 cm³/mol. The van der Waals surface area contributed by atoms with Crippen molar-refractivity contribution < 1.29 is 13.2 Å². The van der Waals surface area contributed by atoms with E-state index in [4.69, 9.17) is 0 Å². The van der Waals surface area contributed by atoms with E-state index in [0.29, 0.717) is 24.4 Å². The van der Waals surface area contributed by atoms with Crippen LogP contribution in [0.4, 0.5) is 5.69 Å². The first-order valence-corrected chi connectivity index (χ1v) is 12.5. The molecular weight excluding hydrogens is 404 g/mol. The van der Waals surface area contributed by atoms with Crippen molar-refractivity contribution in [1.29, 1.82) is 0 Å². The van der Waals surface area contributed by atoms with Crippen LogP contribution in [0.25, 0.3) is 0 Å². The van der Waals surface area contributed by atoms with E-state index in [9.17, 15) is 13.2 Å². The SMILES string of the molecule is CC[C@@H](C(=O)NCCSc1ccc(C)cc1)N(c1ccc(C)c(C)c1)S(C)(=O)=O. The summed E-state index contributed by atoms with van der Waals surface area (Å²) < 4.78 is 26.3. The number of nitrogens with one attached hydrogen (secondary N) is 1. The summed E-state index contributed by atoms with van der Waals surface area (Å²) in [5, 5.41) is 2.90. The van der Waals surface area contributed by atoms with Crippen LogP contribution in [-0.4, -0.2) is 38.9 Å². The molecule has 2 rings (SSSR count). The lowest BCUT2D eigenvalue weighted by Gasteiger charge is -2.30. The number of benzene rings is 2. The lowest BCUT2D eigenvalue weighted by molar-refractivity contribution is -0.122. The van der Waals surface area contributed by atoms with E-state index in [2.05, 4.69) is 29.6 Å². The maximum atomic E-state index is 12.8. The molecule has 0 heterocycles. The predicted octanol–water partition coefficient (Wildman–Crippen LogP) is 4.06. The Morgan fingerprint density at radius 1 is 1.07 bits per heavy atom. The molecule has 0 unspecified atom stereocenters. The summed E-state index contributed by atoms with van der Waals surface area (Å²) in [7, 11) is -3.61. The summed E-state index contributed by atoms with van der Waals surface area (Å²) in [6.07, 6.45) is 1.53. The quantitative estimate of drug-likeness (QED) is 0.477. The Bertz CT molecular complexity index is 941. The molecule has 0 aliphatic heterocycles. The average molecular weight is 435 g/mol. The Morgan fingerprint density at radius 2 is 1.72 bits per heavy atom. The molecule has 2 aromatic rings. The van der Waals surface area contributed by atoms with Crippen molar-refractivity contribution in [2.45, 2.75) is 45.1 Å². The Labute approximate surface area is 178 Å². The minimum Gasteiger partial charge on any atom is -0.353 e. The zero-order valence-corrected chi connectivity index (χ0v) is 19.4. The van der Waals surface area contributed by atoms with Gasteiger partial charge in [0.2, 0.25) is 15.9 Å². The highest BCUT2D eigenvalue weighted by molar-refractivity contribution is 7.99. The minimum absolute atomic E-state index is 0.277. The molecule has 1 amide bonds. The third-order valence-electron chi connectivity index (χ3n) is 4.77. The van der Waals surface area contributed by atoms with Gasteiger partial charge in [0.1, 0.15) is 6.04 Å². The number of hydrogen-bond donors (Lipinski definition) is 1. The standard InChI is InChI=1S/C22H30N2O3S2/c1-6-21(22(25)23-13-14-28-20-11-7-16(2)8-12-20)24(29(5,26)27)19-10-9-17(3)18(4)15-19/h7-12,15,21H,6,13-14H2,1-5H3,(H,23,25)/t21-/m0/s1. The number of anilines is 1. The van der Waals surface area contributed by atoms with Crippen molar-refractivity contribution in [3.05, 3.63) is 59.2 Å². The van der Waals surface area contributed by atoms with E-state index in [1.165, 1.54) is 9.87 Å². The zero-order chi connectivity index (χ0) is 21.6. The van der Waals surface area contributed by atoms with Gasteiger partial charge in [-0.1, -0.05) is 30.7 Å². The number of carbonyl (C=O) groups excluding carboxylic acids is 1. The highest BCUT2D eigenvalue weighted by Crippen LogP contribution is 2.25. The third kappa shape index (κ3) is 6.51. The topological polar surface area (TPSA) is 66.5 Å². The molecule has 7 heteroatoms. The van der Waals surface area contributed by atoms with Crippen LogP contribution in [0.1, 0.15) is 30.0 Å². The van der Waals surface area contributed by atoms with E-state index in [-0.39, 0.29) is 5.91 Å². The Morgan fingerprint density at radius 3 is 2.28 bits per heavy atom. The lowest BCUT2D eigenvalue weighted by atomic mass is 10.1. The molecule has 0 fully saturated rings. The van der Waals surface area contributed by atoms with Gasteiger partial charge in [-0.3, -0.25) is 9.10 Å². The van der Waals surface area contributed by atoms with Gasteiger partial charge in [-0.25, -0.2) is 8.42 Å². The first-order chi connectivity index (χ1) is 13.6. The van der Waals surface area contributed by atoms with E-state index in [1.807, 2.05) is 39.8 Å². The maximum Gasteiger partial charge on any atom is 0.243 e.